The average Bonchev–Trinajstić information content (AvgIpc) is 3.33. The second-order valence-electron chi connectivity index (χ2n) is 6.52. The van der Waals surface area contributed by atoms with E-state index < -0.39 is 0 Å². The number of carbonyl (C=O) groups is 1. The predicted octanol–water partition coefficient (Wildman–Crippen LogP) is 2.98. The number of hydrogen-bond donors (Lipinski definition) is 1. The van der Waals surface area contributed by atoms with E-state index in [0.717, 1.165) is 17.8 Å². The average molecular weight is 366 g/mol. The molecule has 1 aromatic carbocycles. The number of aromatic nitrogens is 4. The van der Waals surface area contributed by atoms with E-state index in [1.165, 1.54) is 0 Å². The third-order valence-electron chi connectivity index (χ3n) is 4.46. The normalized spacial score (nSPS) is 11.9. The van der Waals surface area contributed by atoms with Crippen LogP contribution in [0.3, 0.4) is 0 Å². The van der Waals surface area contributed by atoms with Gasteiger partial charge in [0, 0.05) is 38.4 Å². The van der Waals surface area contributed by atoms with Crippen molar-refractivity contribution in [1.82, 2.24) is 29.5 Å². The highest BCUT2D eigenvalue weighted by molar-refractivity contribution is 5.74. The van der Waals surface area contributed by atoms with Crippen molar-refractivity contribution in [2.24, 2.45) is 7.05 Å². The lowest BCUT2D eigenvalue weighted by Crippen LogP contribution is -2.43. The summed E-state index contributed by atoms with van der Waals surface area (Å²) < 4.78 is 3.77. The van der Waals surface area contributed by atoms with Gasteiger partial charge in [0.15, 0.2) is 0 Å². The highest BCUT2D eigenvalue weighted by Crippen LogP contribution is 2.16. The molecule has 0 fully saturated rings. The van der Waals surface area contributed by atoms with Crippen LogP contribution in [0.2, 0.25) is 0 Å². The Morgan fingerprint density at radius 2 is 2.00 bits per heavy atom. The lowest BCUT2D eigenvalue weighted by atomic mass is 10.1. The summed E-state index contributed by atoms with van der Waals surface area (Å²) >= 11 is 0. The Morgan fingerprint density at radius 3 is 2.63 bits per heavy atom. The largest absolute Gasteiger partial charge is 0.337 e. The Bertz CT molecular complexity index is 827. The highest BCUT2D eigenvalue weighted by atomic mass is 16.2. The van der Waals surface area contributed by atoms with Crippen LogP contribution >= 0.6 is 0 Å². The molecule has 3 rings (SSSR count). The lowest BCUT2D eigenvalue weighted by molar-refractivity contribution is 0.187. The number of imidazole rings is 1. The zero-order valence-corrected chi connectivity index (χ0v) is 15.8. The molecule has 0 spiro atoms. The van der Waals surface area contributed by atoms with Gasteiger partial charge in [-0.1, -0.05) is 37.3 Å². The number of rotatable bonds is 8. The third kappa shape index (κ3) is 4.97. The molecule has 27 heavy (non-hydrogen) atoms. The van der Waals surface area contributed by atoms with Crippen LogP contribution in [0.1, 0.15) is 30.8 Å². The maximum Gasteiger partial charge on any atom is 0.318 e. The summed E-state index contributed by atoms with van der Waals surface area (Å²) in [6.07, 6.45) is 8.17. The summed E-state index contributed by atoms with van der Waals surface area (Å²) in [5.41, 5.74) is 1.05. The molecular formula is C20H26N6O. The Kier molecular flexibility index (Phi) is 6.25. The molecule has 0 radical (unpaired) electrons. The minimum Gasteiger partial charge on any atom is -0.337 e. The van der Waals surface area contributed by atoms with E-state index in [1.807, 2.05) is 65.1 Å². The van der Waals surface area contributed by atoms with E-state index in [1.54, 1.807) is 17.3 Å². The first-order valence-electron chi connectivity index (χ1n) is 9.21. The smallest absolute Gasteiger partial charge is 0.318 e. The molecule has 0 bridgehead atoms. The molecule has 7 heteroatoms. The van der Waals surface area contributed by atoms with E-state index in [-0.39, 0.29) is 12.1 Å². The van der Waals surface area contributed by atoms with Crippen LogP contribution in [-0.2, 0) is 20.1 Å². The maximum absolute atomic E-state index is 13.0. The van der Waals surface area contributed by atoms with E-state index in [2.05, 4.69) is 22.3 Å². The number of hydrogen-bond acceptors (Lipinski definition) is 3. The molecule has 142 valence electrons. The molecule has 1 unspecified atom stereocenters. The van der Waals surface area contributed by atoms with Crippen LogP contribution in [0.4, 0.5) is 4.79 Å². The molecule has 0 aliphatic heterocycles. The summed E-state index contributed by atoms with van der Waals surface area (Å²) in [6, 6.07) is 11.6. The van der Waals surface area contributed by atoms with Gasteiger partial charge in [-0.15, -0.1) is 0 Å². The van der Waals surface area contributed by atoms with E-state index >= 15 is 0 Å². The van der Waals surface area contributed by atoms with Gasteiger partial charge in [-0.2, -0.15) is 5.10 Å². The zero-order valence-electron chi connectivity index (χ0n) is 15.8. The van der Waals surface area contributed by atoms with E-state index in [9.17, 15) is 4.79 Å². The molecule has 1 N–H and O–H groups in total. The molecule has 2 amide bonds. The van der Waals surface area contributed by atoms with Crippen molar-refractivity contribution in [2.75, 3.05) is 6.54 Å². The summed E-state index contributed by atoms with van der Waals surface area (Å²) in [5.74, 6) is 0.863. The predicted molar refractivity (Wildman–Crippen MR) is 104 cm³/mol. The summed E-state index contributed by atoms with van der Waals surface area (Å²) in [5, 5.41) is 7.46. The lowest BCUT2D eigenvalue weighted by Gasteiger charge is -2.26. The first-order chi connectivity index (χ1) is 13.2. The molecule has 0 saturated carbocycles. The number of benzene rings is 1. The van der Waals surface area contributed by atoms with Gasteiger partial charge < -0.3 is 14.8 Å². The second kappa shape index (κ2) is 9.02. The Morgan fingerprint density at radius 1 is 1.19 bits per heavy atom. The molecule has 7 nitrogen and oxygen atoms in total. The van der Waals surface area contributed by atoms with Crippen LogP contribution in [-0.4, -0.2) is 36.8 Å². The first-order valence-corrected chi connectivity index (χ1v) is 9.21. The SMILES string of the molecule is CCCN(Cc1nccn1C)C(=O)NC(Cn1cccn1)c1ccccc1. The van der Waals surface area contributed by atoms with Gasteiger partial charge in [-0.25, -0.2) is 9.78 Å². The molecule has 2 heterocycles. The van der Waals surface area contributed by atoms with Crippen molar-refractivity contribution in [3.05, 3.63) is 72.6 Å². The van der Waals surface area contributed by atoms with E-state index in [4.69, 9.17) is 0 Å². The van der Waals surface area contributed by atoms with Gasteiger partial charge in [0.1, 0.15) is 5.82 Å². The summed E-state index contributed by atoms with van der Waals surface area (Å²) in [4.78, 5) is 19.2. The molecule has 2 aromatic heterocycles. The fraction of sp³-hybridized carbons (Fsp3) is 0.350. The number of urea groups is 1. The number of amides is 2. The molecular weight excluding hydrogens is 340 g/mol. The maximum atomic E-state index is 13.0. The number of aryl methyl sites for hydroxylation is 1. The summed E-state index contributed by atoms with van der Waals surface area (Å²) in [7, 11) is 1.94. The Hall–Kier alpha value is -3.09. The van der Waals surface area contributed by atoms with Crippen molar-refractivity contribution in [3.63, 3.8) is 0 Å². The van der Waals surface area contributed by atoms with Crippen molar-refractivity contribution >= 4 is 6.03 Å². The molecule has 3 aromatic rings. The minimum absolute atomic E-state index is 0.0964. The van der Waals surface area contributed by atoms with Crippen LogP contribution in [0.25, 0.3) is 0 Å². The number of nitrogens with zero attached hydrogens (tertiary/aromatic N) is 5. The Labute approximate surface area is 159 Å². The van der Waals surface area contributed by atoms with Crippen molar-refractivity contribution in [2.45, 2.75) is 32.5 Å². The highest BCUT2D eigenvalue weighted by Gasteiger charge is 2.21. The summed E-state index contributed by atoms with van der Waals surface area (Å²) in [6.45, 7) is 3.79. The van der Waals surface area contributed by atoms with Crippen molar-refractivity contribution < 1.29 is 4.79 Å². The molecule has 0 saturated heterocycles. The zero-order chi connectivity index (χ0) is 19.1. The molecule has 0 aliphatic rings. The monoisotopic (exact) mass is 366 g/mol. The minimum atomic E-state index is -0.167. The quantitative estimate of drug-likeness (QED) is 0.666. The topological polar surface area (TPSA) is 68.0 Å². The van der Waals surface area contributed by atoms with Crippen molar-refractivity contribution in [1.29, 1.82) is 0 Å². The standard InChI is InChI=1S/C20H26N6O/c1-3-12-25(16-19-21-11-14-24(19)2)20(27)23-18(15-26-13-7-10-22-26)17-8-5-4-6-9-17/h4-11,13-14,18H,3,12,15-16H2,1-2H3,(H,23,27). The van der Waals surface area contributed by atoms with E-state index in [0.29, 0.717) is 19.6 Å². The van der Waals surface area contributed by atoms with Crippen LogP contribution < -0.4 is 5.32 Å². The van der Waals surface area contributed by atoms with Gasteiger partial charge >= 0.3 is 6.03 Å². The van der Waals surface area contributed by atoms with Gasteiger partial charge in [0.05, 0.1) is 19.1 Å². The number of carbonyl (C=O) groups excluding carboxylic acids is 1. The second-order valence-corrected chi connectivity index (χ2v) is 6.52. The first kappa shape index (κ1) is 18.7. The van der Waals surface area contributed by atoms with Gasteiger partial charge in [0.25, 0.3) is 0 Å². The fourth-order valence-corrected chi connectivity index (χ4v) is 3.00. The van der Waals surface area contributed by atoms with Gasteiger partial charge in [-0.3, -0.25) is 4.68 Å². The third-order valence-corrected chi connectivity index (χ3v) is 4.46. The van der Waals surface area contributed by atoms with Crippen LogP contribution in [0, 0.1) is 0 Å². The Balaban J connectivity index is 1.75. The number of nitrogens with one attached hydrogen (secondary N) is 1. The fourth-order valence-electron chi connectivity index (χ4n) is 3.00. The van der Waals surface area contributed by atoms with Crippen LogP contribution in [0.15, 0.2) is 61.2 Å². The molecule has 1 atom stereocenters. The van der Waals surface area contributed by atoms with Crippen molar-refractivity contribution in [3.8, 4) is 0 Å². The molecule has 0 aliphatic carbocycles. The van der Waals surface area contributed by atoms with Gasteiger partial charge in [-0.05, 0) is 18.1 Å². The van der Waals surface area contributed by atoms with Crippen LogP contribution in [0.5, 0.6) is 0 Å². The van der Waals surface area contributed by atoms with Gasteiger partial charge in [0.2, 0.25) is 0 Å².